The molecule has 6 heteroatoms. The molecule has 0 radical (unpaired) electrons. The lowest BCUT2D eigenvalue weighted by Crippen LogP contribution is -2.38. The quantitative estimate of drug-likeness (QED) is 0.826. The fourth-order valence-electron chi connectivity index (χ4n) is 1.23. The Kier molecular flexibility index (Phi) is 4.46. The summed E-state index contributed by atoms with van der Waals surface area (Å²) in [6, 6.07) is 8.07. The molecule has 98 valence electrons. The zero-order valence-electron chi connectivity index (χ0n) is 10.3. The van der Waals surface area contributed by atoms with Crippen LogP contribution in [0.15, 0.2) is 29.2 Å². The first-order valence-electron chi connectivity index (χ1n) is 5.42. The van der Waals surface area contributed by atoms with Crippen LogP contribution in [-0.4, -0.2) is 25.7 Å². The lowest BCUT2D eigenvalue weighted by molar-refractivity contribution is 0.0857. The Balaban J connectivity index is 2.83. The van der Waals surface area contributed by atoms with E-state index >= 15 is 0 Å². The van der Waals surface area contributed by atoms with Crippen LogP contribution in [0, 0.1) is 11.3 Å². The molecule has 0 saturated carbocycles. The maximum atomic E-state index is 11.9. The minimum atomic E-state index is -3.62. The van der Waals surface area contributed by atoms with Gasteiger partial charge in [-0.15, -0.1) is 0 Å². The molecular formula is C12H16N2O3S. The lowest BCUT2D eigenvalue weighted by Gasteiger charge is -2.17. The average Bonchev–Trinajstić information content (AvgIpc) is 2.27. The van der Waals surface area contributed by atoms with E-state index in [0.29, 0.717) is 0 Å². The first-order chi connectivity index (χ1) is 8.24. The van der Waals surface area contributed by atoms with Gasteiger partial charge in [-0.1, -0.05) is 12.1 Å². The number of nitriles is 1. The Hall–Kier alpha value is -1.42. The number of sulfonamides is 1. The van der Waals surface area contributed by atoms with Gasteiger partial charge in [0.1, 0.15) is 0 Å². The fraction of sp³-hybridized carbons (Fsp3) is 0.417. The molecule has 0 aliphatic rings. The highest BCUT2D eigenvalue weighted by molar-refractivity contribution is 7.89. The van der Waals surface area contributed by atoms with Crippen LogP contribution in [0.5, 0.6) is 0 Å². The van der Waals surface area contributed by atoms with Crippen molar-refractivity contribution in [3.05, 3.63) is 29.8 Å². The van der Waals surface area contributed by atoms with Crippen molar-refractivity contribution in [3.63, 3.8) is 0 Å². The number of nitrogens with zero attached hydrogens (tertiary/aromatic N) is 1. The molecule has 0 atom stereocenters. The third-order valence-electron chi connectivity index (χ3n) is 2.21. The van der Waals surface area contributed by atoms with E-state index in [-0.39, 0.29) is 17.9 Å². The van der Waals surface area contributed by atoms with E-state index in [0.717, 1.165) is 5.56 Å². The van der Waals surface area contributed by atoms with E-state index in [1.807, 2.05) is 6.07 Å². The van der Waals surface area contributed by atoms with Gasteiger partial charge in [0.15, 0.2) is 0 Å². The van der Waals surface area contributed by atoms with Crippen LogP contribution in [-0.2, 0) is 16.4 Å². The molecule has 0 amide bonds. The third-order valence-corrected chi connectivity index (χ3v) is 3.63. The van der Waals surface area contributed by atoms with Gasteiger partial charge in [-0.2, -0.15) is 5.26 Å². The number of rotatable bonds is 5. The molecule has 0 aliphatic carbocycles. The van der Waals surface area contributed by atoms with Crippen molar-refractivity contribution in [1.29, 1.82) is 5.26 Å². The first kappa shape index (κ1) is 14.6. The molecule has 0 saturated heterocycles. The Morgan fingerprint density at radius 3 is 2.33 bits per heavy atom. The average molecular weight is 268 g/mol. The zero-order valence-corrected chi connectivity index (χ0v) is 11.2. The van der Waals surface area contributed by atoms with Gasteiger partial charge in [0.25, 0.3) is 0 Å². The number of hydrogen-bond acceptors (Lipinski definition) is 4. The fourth-order valence-corrected chi connectivity index (χ4v) is 2.44. The summed E-state index contributed by atoms with van der Waals surface area (Å²) in [5, 5.41) is 18.0. The van der Waals surface area contributed by atoms with E-state index in [1.54, 1.807) is 12.1 Å². The van der Waals surface area contributed by atoms with Crippen LogP contribution in [0.1, 0.15) is 19.4 Å². The summed E-state index contributed by atoms with van der Waals surface area (Å²) in [4.78, 5) is 0.119. The largest absolute Gasteiger partial charge is 0.389 e. The van der Waals surface area contributed by atoms with Crippen molar-refractivity contribution < 1.29 is 13.5 Å². The summed E-state index contributed by atoms with van der Waals surface area (Å²) in [7, 11) is -3.62. The smallest absolute Gasteiger partial charge is 0.240 e. The molecule has 0 aliphatic heterocycles. The van der Waals surface area contributed by atoms with Crippen molar-refractivity contribution in [3.8, 4) is 6.07 Å². The maximum absolute atomic E-state index is 11.9. The lowest BCUT2D eigenvalue weighted by atomic mass is 10.1. The van der Waals surface area contributed by atoms with E-state index in [2.05, 4.69) is 4.72 Å². The number of benzene rings is 1. The molecule has 0 bridgehead atoms. The highest BCUT2D eigenvalue weighted by Gasteiger charge is 2.19. The van der Waals surface area contributed by atoms with Gasteiger partial charge < -0.3 is 5.11 Å². The van der Waals surface area contributed by atoms with Crippen molar-refractivity contribution in [2.75, 3.05) is 6.54 Å². The van der Waals surface area contributed by atoms with Gasteiger partial charge in [-0.3, -0.25) is 0 Å². The zero-order chi connectivity index (χ0) is 13.8. The molecule has 0 unspecified atom stereocenters. The predicted molar refractivity (Wildman–Crippen MR) is 67.2 cm³/mol. The number of nitrogens with one attached hydrogen (secondary N) is 1. The molecule has 5 nitrogen and oxygen atoms in total. The van der Waals surface area contributed by atoms with Gasteiger partial charge in [0.05, 0.1) is 23.0 Å². The summed E-state index contributed by atoms with van der Waals surface area (Å²) >= 11 is 0. The summed E-state index contributed by atoms with van der Waals surface area (Å²) in [6.07, 6.45) is 0.247. The van der Waals surface area contributed by atoms with Crippen LogP contribution in [0.25, 0.3) is 0 Å². The van der Waals surface area contributed by atoms with Crippen LogP contribution >= 0.6 is 0 Å². The monoisotopic (exact) mass is 268 g/mol. The Morgan fingerprint density at radius 1 is 1.33 bits per heavy atom. The van der Waals surface area contributed by atoms with E-state index in [1.165, 1.54) is 26.0 Å². The summed E-state index contributed by atoms with van der Waals surface area (Å²) in [6.45, 7) is 2.98. The van der Waals surface area contributed by atoms with Gasteiger partial charge in [0.2, 0.25) is 10.0 Å². The van der Waals surface area contributed by atoms with E-state index < -0.39 is 15.6 Å². The first-order valence-corrected chi connectivity index (χ1v) is 6.91. The molecule has 0 heterocycles. The van der Waals surface area contributed by atoms with Crippen LogP contribution < -0.4 is 4.72 Å². The Labute approximate surface area is 107 Å². The SMILES string of the molecule is CC(C)(O)CNS(=O)(=O)c1ccc(CC#N)cc1. The van der Waals surface area contributed by atoms with Gasteiger partial charge in [0, 0.05) is 6.54 Å². The highest BCUT2D eigenvalue weighted by atomic mass is 32.2. The van der Waals surface area contributed by atoms with Crippen molar-refractivity contribution in [2.45, 2.75) is 30.8 Å². The molecule has 0 fully saturated rings. The predicted octanol–water partition coefficient (Wildman–Crippen LogP) is 0.802. The van der Waals surface area contributed by atoms with Gasteiger partial charge in [-0.05, 0) is 31.5 Å². The molecule has 1 aromatic carbocycles. The molecule has 1 aromatic rings. The van der Waals surface area contributed by atoms with Crippen molar-refractivity contribution in [1.82, 2.24) is 4.72 Å². The Bertz CT molecular complexity index is 536. The highest BCUT2D eigenvalue weighted by Crippen LogP contribution is 2.11. The maximum Gasteiger partial charge on any atom is 0.240 e. The number of aliphatic hydroxyl groups is 1. The summed E-state index contributed by atoms with van der Waals surface area (Å²) < 4.78 is 26.0. The van der Waals surface area contributed by atoms with Crippen molar-refractivity contribution >= 4 is 10.0 Å². The summed E-state index contributed by atoms with van der Waals surface area (Å²) in [5.74, 6) is 0. The minimum absolute atomic E-state index is 0.0602. The van der Waals surface area contributed by atoms with Crippen LogP contribution in [0.4, 0.5) is 0 Å². The number of hydrogen-bond donors (Lipinski definition) is 2. The molecule has 1 rings (SSSR count). The topological polar surface area (TPSA) is 90.2 Å². The van der Waals surface area contributed by atoms with E-state index in [9.17, 15) is 13.5 Å². The molecule has 0 spiro atoms. The molecular weight excluding hydrogens is 252 g/mol. The molecule has 2 N–H and O–H groups in total. The standard InChI is InChI=1S/C12H16N2O3S/c1-12(2,15)9-14-18(16,17)11-5-3-10(4-6-11)7-8-13/h3-6,14-15H,7,9H2,1-2H3. The van der Waals surface area contributed by atoms with Crippen LogP contribution in [0.3, 0.4) is 0 Å². The van der Waals surface area contributed by atoms with Gasteiger partial charge in [-0.25, -0.2) is 13.1 Å². The van der Waals surface area contributed by atoms with Gasteiger partial charge >= 0.3 is 0 Å². The second kappa shape index (κ2) is 5.48. The van der Waals surface area contributed by atoms with E-state index in [4.69, 9.17) is 5.26 Å². The van der Waals surface area contributed by atoms with Crippen LogP contribution in [0.2, 0.25) is 0 Å². The van der Waals surface area contributed by atoms with Crippen molar-refractivity contribution in [2.24, 2.45) is 0 Å². The summed E-state index contributed by atoms with van der Waals surface area (Å²) in [5.41, 5.74) is -0.340. The Morgan fingerprint density at radius 2 is 1.89 bits per heavy atom. The molecule has 0 aromatic heterocycles. The molecule has 18 heavy (non-hydrogen) atoms. The normalized spacial score (nSPS) is 12.1. The second-order valence-electron chi connectivity index (χ2n) is 4.62. The third kappa shape index (κ3) is 4.45. The minimum Gasteiger partial charge on any atom is -0.389 e. The second-order valence-corrected chi connectivity index (χ2v) is 6.38.